The van der Waals surface area contributed by atoms with Crippen LogP contribution in [0.1, 0.15) is 46.5 Å². The first-order valence-electron chi connectivity index (χ1n) is 8.68. The molecule has 2 rings (SSSR count). The van der Waals surface area contributed by atoms with Gasteiger partial charge >= 0.3 is 0 Å². The van der Waals surface area contributed by atoms with Gasteiger partial charge in [0.1, 0.15) is 0 Å². The molecular weight excluding hydrogens is 282 g/mol. The lowest BCUT2D eigenvalue weighted by atomic mass is 9.78. The molecule has 1 spiro atoms. The number of thioether (sulfide) groups is 1. The number of hydrogen-bond donors (Lipinski definition) is 1. The fourth-order valence-electron chi connectivity index (χ4n) is 3.56. The number of nitrogens with one attached hydrogen (secondary N) is 1. The van der Waals surface area contributed by atoms with Gasteiger partial charge in [-0.1, -0.05) is 20.8 Å². The molecule has 0 aromatic heterocycles. The Bertz CT molecular complexity index is 287. The third-order valence-electron chi connectivity index (χ3n) is 4.72. The van der Waals surface area contributed by atoms with E-state index in [1.165, 1.54) is 24.3 Å². The average Bonchev–Trinajstić information content (AvgIpc) is 2.47. The first-order chi connectivity index (χ1) is 10.2. The van der Waals surface area contributed by atoms with E-state index in [-0.39, 0.29) is 5.60 Å². The van der Waals surface area contributed by atoms with Crippen LogP contribution in [0.25, 0.3) is 0 Å². The molecule has 2 unspecified atom stereocenters. The highest BCUT2D eigenvalue weighted by atomic mass is 32.2. The maximum Gasteiger partial charge on any atom is 0.0729 e. The van der Waals surface area contributed by atoms with Crippen LogP contribution in [-0.2, 0) is 9.47 Å². The average molecular weight is 316 g/mol. The summed E-state index contributed by atoms with van der Waals surface area (Å²) in [5, 5.41) is 3.74. The van der Waals surface area contributed by atoms with Crippen molar-refractivity contribution in [3.8, 4) is 0 Å². The van der Waals surface area contributed by atoms with Crippen molar-refractivity contribution in [1.29, 1.82) is 0 Å². The van der Waals surface area contributed by atoms with Crippen molar-refractivity contribution in [2.24, 2.45) is 11.8 Å². The second-order valence-corrected chi connectivity index (χ2v) is 8.07. The van der Waals surface area contributed by atoms with Crippen LogP contribution >= 0.6 is 11.8 Å². The maximum absolute atomic E-state index is 6.19. The van der Waals surface area contributed by atoms with Gasteiger partial charge in [0.05, 0.1) is 5.60 Å². The molecule has 3 nitrogen and oxygen atoms in total. The van der Waals surface area contributed by atoms with Crippen LogP contribution in [0.3, 0.4) is 0 Å². The van der Waals surface area contributed by atoms with E-state index in [0.29, 0.717) is 6.04 Å². The summed E-state index contributed by atoms with van der Waals surface area (Å²) in [7, 11) is 0. The fourth-order valence-corrected chi connectivity index (χ4v) is 4.81. The van der Waals surface area contributed by atoms with Gasteiger partial charge in [-0.2, -0.15) is 11.8 Å². The van der Waals surface area contributed by atoms with Crippen LogP contribution in [-0.4, -0.2) is 49.5 Å². The molecule has 2 aliphatic rings. The normalized spacial score (nSPS) is 27.1. The molecular formula is C17H33NO2S. The molecule has 21 heavy (non-hydrogen) atoms. The molecule has 0 amide bonds. The van der Waals surface area contributed by atoms with E-state index in [2.05, 4.69) is 37.8 Å². The van der Waals surface area contributed by atoms with Crippen LogP contribution in [0.5, 0.6) is 0 Å². The van der Waals surface area contributed by atoms with Crippen molar-refractivity contribution < 1.29 is 9.47 Å². The van der Waals surface area contributed by atoms with Crippen molar-refractivity contribution >= 4 is 11.8 Å². The van der Waals surface area contributed by atoms with E-state index in [0.717, 1.165) is 51.0 Å². The zero-order valence-corrected chi connectivity index (χ0v) is 14.8. The molecule has 2 atom stereocenters. The highest BCUT2D eigenvalue weighted by Crippen LogP contribution is 2.38. The van der Waals surface area contributed by atoms with Gasteiger partial charge in [0.2, 0.25) is 0 Å². The Morgan fingerprint density at radius 1 is 1.19 bits per heavy atom. The summed E-state index contributed by atoms with van der Waals surface area (Å²) in [5.41, 5.74) is 0.123. The second-order valence-electron chi connectivity index (χ2n) is 6.99. The number of hydrogen-bond acceptors (Lipinski definition) is 4. The molecule has 124 valence electrons. The van der Waals surface area contributed by atoms with Crippen LogP contribution in [0.15, 0.2) is 0 Å². The molecule has 0 bridgehead atoms. The molecule has 0 radical (unpaired) electrons. The summed E-state index contributed by atoms with van der Waals surface area (Å²) < 4.78 is 11.7. The Labute approximate surface area is 134 Å². The Morgan fingerprint density at radius 2 is 1.95 bits per heavy atom. The van der Waals surface area contributed by atoms with E-state index in [1.54, 1.807) is 0 Å². The third kappa shape index (κ3) is 5.42. The molecule has 0 aromatic carbocycles. The number of rotatable bonds is 7. The Morgan fingerprint density at radius 3 is 2.62 bits per heavy atom. The molecule has 0 aromatic rings. The molecule has 0 aliphatic carbocycles. The Hall–Kier alpha value is 0.230. The van der Waals surface area contributed by atoms with Crippen molar-refractivity contribution in [1.82, 2.24) is 5.32 Å². The van der Waals surface area contributed by atoms with Crippen LogP contribution < -0.4 is 5.32 Å². The van der Waals surface area contributed by atoms with Crippen LogP contribution in [0, 0.1) is 11.8 Å². The monoisotopic (exact) mass is 315 g/mol. The van der Waals surface area contributed by atoms with Gasteiger partial charge < -0.3 is 14.8 Å². The predicted octanol–water partition coefficient (Wildman–Crippen LogP) is 3.33. The van der Waals surface area contributed by atoms with Gasteiger partial charge in [0, 0.05) is 31.6 Å². The molecule has 2 saturated heterocycles. The van der Waals surface area contributed by atoms with Crippen LogP contribution in [0.4, 0.5) is 0 Å². The summed E-state index contributed by atoms with van der Waals surface area (Å²) in [6, 6.07) is 0.641. The largest absolute Gasteiger partial charge is 0.381 e. The Kier molecular flexibility index (Phi) is 7.33. The smallest absolute Gasteiger partial charge is 0.0729 e. The first-order valence-corrected chi connectivity index (χ1v) is 9.83. The van der Waals surface area contributed by atoms with E-state index in [1.807, 2.05) is 0 Å². The van der Waals surface area contributed by atoms with Crippen molar-refractivity contribution in [3.63, 3.8) is 0 Å². The standard InChI is InChI=1S/C17H33NO2S/c1-4-18-16(13-21-12-14(2)3)15-5-8-20-17(11-15)6-9-19-10-7-17/h14-16,18H,4-13H2,1-3H3. The third-order valence-corrected chi connectivity index (χ3v) is 6.22. The summed E-state index contributed by atoms with van der Waals surface area (Å²) in [6.07, 6.45) is 4.60. The zero-order chi connectivity index (χ0) is 15.1. The highest BCUT2D eigenvalue weighted by molar-refractivity contribution is 7.99. The lowest BCUT2D eigenvalue weighted by molar-refractivity contribution is -0.149. The Balaban J connectivity index is 1.88. The van der Waals surface area contributed by atoms with Gasteiger partial charge in [0.15, 0.2) is 0 Å². The molecule has 0 saturated carbocycles. The van der Waals surface area contributed by atoms with E-state index in [4.69, 9.17) is 9.47 Å². The molecule has 2 fully saturated rings. The van der Waals surface area contributed by atoms with Gasteiger partial charge in [-0.3, -0.25) is 0 Å². The quantitative estimate of drug-likeness (QED) is 0.780. The molecule has 1 N–H and O–H groups in total. The summed E-state index contributed by atoms with van der Waals surface area (Å²) in [6.45, 7) is 10.6. The van der Waals surface area contributed by atoms with Crippen molar-refractivity contribution in [3.05, 3.63) is 0 Å². The maximum atomic E-state index is 6.19. The van der Waals surface area contributed by atoms with Gasteiger partial charge in [-0.05, 0) is 49.8 Å². The van der Waals surface area contributed by atoms with E-state index in [9.17, 15) is 0 Å². The van der Waals surface area contributed by atoms with Crippen molar-refractivity contribution in [2.75, 3.05) is 37.9 Å². The fraction of sp³-hybridized carbons (Fsp3) is 1.00. The first kappa shape index (κ1) is 17.6. The van der Waals surface area contributed by atoms with E-state index < -0.39 is 0 Å². The van der Waals surface area contributed by atoms with Crippen LogP contribution in [0.2, 0.25) is 0 Å². The van der Waals surface area contributed by atoms with Crippen molar-refractivity contribution in [2.45, 2.75) is 58.1 Å². The lowest BCUT2D eigenvalue weighted by Crippen LogP contribution is -2.50. The minimum Gasteiger partial charge on any atom is -0.381 e. The van der Waals surface area contributed by atoms with Gasteiger partial charge in [0.25, 0.3) is 0 Å². The highest BCUT2D eigenvalue weighted by Gasteiger charge is 2.41. The minimum atomic E-state index is 0.123. The van der Waals surface area contributed by atoms with Gasteiger partial charge in [-0.15, -0.1) is 0 Å². The lowest BCUT2D eigenvalue weighted by Gasteiger charge is -2.45. The summed E-state index contributed by atoms with van der Waals surface area (Å²) in [4.78, 5) is 0. The minimum absolute atomic E-state index is 0.123. The van der Waals surface area contributed by atoms with E-state index >= 15 is 0 Å². The molecule has 4 heteroatoms. The second kappa shape index (κ2) is 8.76. The SMILES string of the molecule is CCNC(CSCC(C)C)C1CCOC2(CCOCC2)C1. The molecule has 2 aliphatic heterocycles. The zero-order valence-electron chi connectivity index (χ0n) is 14.0. The van der Waals surface area contributed by atoms with Gasteiger partial charge in [-0.25, -0.2) is 0 Å². The topological polar surface area (TPSA) is 30.5 Å². The summed E-state index contributed by atoms with van der Waals surface area (Å²) >= 11 is 2.11. The number of ether oxygens (including phenoxy) is 2. The predicted molar refractivity (Wildman–Crippen MR) is 91.1 cm³/mol. The molecule has 2 heterocycles. The summed E-state index contributed by atoms with van der Waals surface area (Å²) in [5.74, 6) is 4.05.